The van der Waals surface area contributed by atoms with Crippen LogP contribution in [0.3, 0.4) is 0 Å². The average molecular weight is 370 g/mol. The lowest BCUT2D eigenvalue weighted by molar-refractivity contribution is -0.230. The predicted molar refractivity (Wildman–Crippen MR) is 82.6 cm³/mol. The van der Waals surface area contributed by atoms with Gasteiger partial charge >= 0.3 is 0 Å². The van der Waals surface area contributed by atoms with E-state index in [1.165, 1.54) is 0 Å². The van der Waals surface area contributed by atoms with Gasteiger partial charge in [0.25, 0.3) is 0 Å². The number of halogens is 5. The van der Waals surface area contributed by atoms with Crippen LogP contribution in [0.4, 0.5) is 22.0 Å². The quantitative estimate of drug-likeness (QED) is 0.670. The van der Waals surface area contributed by atoms with Crippen LogP contribution in [-0.2, 0) is 9.47 Å². The Kier molecular flexibility index (Phi) is 6.24. The van der Waals surface area contributed by atoms with Gasteiger partial charge in [-0.15, -0.1) is 0 Å². The van der Waals surface area contributed by atoms with E-state index in [2.05, 4.69) is 0 Å². The number of hydrogen-bond donors (Lipinski definition) is 0. The largest absolute Gasteiger partial charge is 0.352 e. The Hall–Kier alpha value is -0.430. The molecule has 5 atom stereocenters. The predicted octanol–water partition coefficient (Wildman–Crippen LogP) is 4.72. The molecule has 0 N–H and O–H groups in total. The summed E-state index contributed by atoms with van der Waals surface area (Å²) in [5, 5.41) is 0. The zero-order valence-electron chi connectivity index (χ0n) is 14.4. The zero-order valence-corrected chi connectivity index (χ0v) is 14.4. The molecule has 3 rings (SSSR count). The summed E-state index contributed by atoms with van der Waals surface area (Å²) in [6.45, 7) is 3.19. The molecule has 2 aliphatic carbocycles. The topological polar surface area (TPSA) is 18.5 Å². The van der Waals surface area contributed by atoms with Crippen LogP contribution in [0.1, 0.15) is 39.0 Å². The number of alkyl halides is 5. The molecule has 0 bridgehead atoms. The van der Waals surface area contributed by atoms with E-state index in [1.54, 1.807) is 0 Å². The normalized spacial score (nSPS) is 49.3. The summed E-state index contributed by atoms with van der Waals surface area (Å²) in [7, 11) is 0. The van der Waals surface area contributed by atoms with Crippen molar-refractivity contribution in [2.75, 3.05) is 13.2 Å². The van der Waals surface area contributed by atoms with Crippen molar-refractivity contribution < 1.29 is 31.4 Å². The van der Waals surface area contributed by atoms with Gasteiger partial charge in [0, 0.05) is 11.8 Å². The van der Waals surface area contributed by atoms with Gasteiger partial charge < -0.3 is 9.47 Å². The van der Waals surface area contributed by atoms with E-state index in [4.69, 9.17) is 9.47 Å². The second-order valence-electron chi connectivity index (χ2n) is 8.07. The van der Waals surface area contributed by atoms with Crippen molar-refractivity contribution in [1.29, 1.82) is 0 Å². The van der Waals surface area contributed by atoms with Gasteiger partial charge in [-0.2, -0.15) is 0 Å². The van der Waals surface area contributed by atoms with Crippen LogP contribution in [0.25, 0.3) is 0 Å². The highest BCUT2D eigenvalue weighted by Crippen LogP contribution is 2.46. The second kappa shape index (κ2) is 8.07. The van der Waals surface area contributed by atoms with Crippen molar-refractivity contribution in [3.05, 3.63) is 0 Å². The lowest BCUT2D eigenvalue weighted by Crippen LogP contribution is -2.46. The number of hydrogen-bond acceptors (Lipinski definition) is 2. The SMILES string of the molecule is CC1COC(C2CCC(C3CC(F)C(C(F)F)C(F)C3)C(F)C2)OC1. The highest BCUT2D eigenvalue weighted by molar-refractivity contribution is 4.94. The highest BCUT2D eigenvalue weighted by Gasteiger charge is 2.48. The Morgan fingerprint density at radius 3 is 1.88 bits per heavy atom. The van der Waals surface area contributed by atoms with E-state index in [9.17, 15) is 22.0 Å². The monoisotopic (exact) mass is 370 g/mol. The molecule has 0 aromatic rings. The smallest absolute Gasteiger partial charge is 0.247 e. The molecule has 0 aromatic carbocycles. The van der Waals surface area contributed by atoms with Crippen LogP contribution in [0.15, 0.2) is 0 Å². The standard InChI is InChI=1S/C18H27F5O2/c1-9-7-24-18(25-8-9)10-2-3-12(13(19)4-10)11-5-14(20)16(17(22)23)15(21)6-11/h9-18H,2-8H2,1H3. The van der Waals surface area contributed by atoms with E-state index in [-0.39, 0.29) is 25.2 Å². The lowest BCUT2D eigenvalue weighted by Gasteiger charge is -2.43. The minimum atomic E-state index is -3.01. The van der Waals surface area contributed by atoms with E-state index in [0.717, 1.165) is 0 Å². The van der Waals surface area contributed by atoms with Crippen LogP contribution in [0.5, 0.6) is 0 Å². The molecular formula is C18H27F5O2. The van der Waals surface area contributed by atoms with Gasteiger partial charge in [-0.1, -0.05) is 6.92 Å². The van der Waals surface area contributed by atoms with E-state index >= 15 is 0 Å². The first-order valence-corrected chi connectivity index (χ1v) is 9.30. The van der Waals surface area contributed by atoms with Gasteiger partial charge in [-0.05, 0) is 43.9 Å². The van der Waals surface area contributed by atoms with E-state index in [1.807, 2.05) is 6.92 Å². The summed E-state index contributed by atoms with van der Waals surface area (Å²) in [6.07, 6.45) is -7.34. The van der Waals surface area contributed by atoms with Crippen molar-refractivity contribution in [3.8, 4) is 0 Å². The molecule has 0 radical (unpaired) electrons. The maximum atomic E-state index is 14.7. The molecular weight excluding hydrogens is 343 g/mol. The molecule has 1 aliphatic heterocycles. The second-order valence-corrected chi connectivity index (χ2v) is 8.07. The summed E-state index contributed by atoms with van der Waals surface area (Å²) in [5.74, 6) is -2.57. The van der Waals surface area contributed by atoms with Crippen molar-refractivity contribution in [3.63, 3.8) is 0 Å². The molecule has 2 nitrogen and oxygen atoms in total. The van der Waals surface area contributed by atoms with Crippen LogP contribution >= 0.6 is 0 Å². The fourth-order valence-corrected chi connectivity index (χ4v) is 4.71. The summed E-state index contributed by atoms with van der Waals surface area (Å²) in [5.41, 5.74) is 0. The minimum Gasteiger partial charge on any atom is -0.352 e. The van der Waals surface area contributed by atoms with Crippen molar-refractivity contribution in [2.45, 2.75) is 70.3 Å². The molecule has 3 fully saturated rings. The highest BCUT2D eigenvalue weighted by atomic mass is 19.3. The molecule has 0 amide bonds. The molecule has 0 aromatic heterocycles. The fourth-order valence-electron chi connectivity index (χ4n) is 4.71. The summed E-state index contributed by atoms with van der Waals surface area (Å²) < 4.78 is 79.5. The summed E-state index contributed by atoms with van der Waals surface area (Å²) in [6, 6.07) is 0. The van der Waals surface area contributed by atoms with Crippen LogP contribution in [0, 0.1) is 29.6 Å². The maximum absolute atomic E-state index is 14.7. The van der Waals surface area contributed by atoms with Crippen molar-refractivity contribution in [2.24, 2.45) is 29.6 Å². The Morgan fingerprint density at radius 1 is 0.800 bits per heavy atom. The Labute approximate surface area is 145 Å². The van der Waals surface area contributed by atoms with Gasteiger partial charge in [0.1, 0.15) is 18.5 Å². The molecule has 2 saturated carbocycles. The third kappa shape index (κ3) is 4.29. The minimum absolute atomic E-state index is 0.0569. The first-order valence-electron chi connectivity index (χ1n) is 9.30. The molecule has 25 heavy (non-hydrogen) atoms. The lowest BCUT2D eigenvalue weighted by atomic mass is 9.67. The molecule has 146 valence electrons. The molecule has 5 unspecified atom stereocenters. The summed E-state index contributed by atoms with van der Waals surface area (Å²) >= 11 is 0. The van der Waals surface area contributed by atoms with E-state index < -0.39 is 49.0 Å². The van der Waals surface area contributed by atoms with Gasteiger partial charge in [0.05, 0.1) is 19.1 Å². The van der Waals surface area contributed by atoms with Crippen molar-refractivity contribution >= 4 is 0 Å². The molecule has 3 aliphatic rings. The molecule has 7 heteroatoms. The molecule has 1 heterocycles. The first kappa shape index (κ1) is 19.3. The Bertz CT molecular complexity index is 418. The van der Waals surface area contributed by atoms with Crippen LogP contribution < -0.4 is 0 Å². The van der Waals surface area contributed by atoms with Gasteiger partial charge in [-0.25, -0.2) is 22.0 Å². The molecule has 1 saturated heterocycles. The Balaban J connectivity index is 1.55. The fraction of sp³-hybridized carbons (Fsp3) is 1.00. The number of ether oxygens (including phenoxy) is 2. The maximum Gasteiger partial charge on any atom is 0.247 e. The van der Waals surface area contributed by atoms with Crippen LogP contribution in [-0.4, -0.2) is 44.4 Å². The van der Waals surface area contributed by atoms with E-state index in [0.29, 0.717) is 32.0 Å². The zero-order chi connectivity index (χ0) is 18.1. The van der Waals surface area contributed by atoms with Crippen LogP contribution in [0.2, 0.25) is 0 Å². The Morgan fingerprint density at radius 2 is 1.36 bits per heavy atom. The first-order chi connectivity index (χ1) is 11.9. The van der Waals surface area contributed by atoms with Gasteiger partial charge in [0.2, 0.25) is 6.43 Å². The van der Waals surface area contributed by atoms with Crippen molar-refractivity contribution in [1.82, 2.24) is 0 Å². The number of rotatable bonds is 3. The molecule has 0 spiro atoms. The van der Waals surface area contributed by atoms with Gasteiger partial charge in [-0.3, -0.25) is 0 Å². The third-order valence-corrected chi connectivity index (χ3v) is 6.13. The average Bonchev–Trinajstić information content (AvgIpc) is 2.54. The summed E-state index contributed by atoms with van der Waals surface area (Å²) in [4.78, 5) is 0. The third-order valence-electron chi connectivity index (χ3n) is 6.13. The van der Waals surface area contributed by atoms with Gasteiger partial charge in [0.15, 0.2) is 6.29 Å².